The second-order valence-electron chi connectivity index (χ2n) is 4.75. The lowest BCUT2D eigenvalue weighted by Gasteiger charge is -2.15. The minimum absolute atomic E-state index is 0.834. The molecule has 0 aromatic carbocycles. The van der Waals surface area contributed by atoms with Crippen LogP contribution in [0.2, 0.25) is 0 Å². The smallest absolute Gasteiger partial charge is 0.0166 e. The molecule has 1 N–H and O–H groups in total. The highest BCUT2D eigenvalue weighted by Gasteiger charge is 2.22. The molecule has 2 aliphatic rings. The zero-order valence-corrected chi connectivity index (χ0v) is 9.41. The summed E-state index contributed by atoms with van der Waals surface area (Å²) in [5.74, 6) is 4.70. The van der Waals surface area contributed by atoms with Crippen LogP contribution in [0.25, 0.3) is 0 Å². The number of thioether (sulfide) groups is 1. The number of hydrogen-bond acceptors (Lipinski definition) is 2. The standard InChI is InChI=1S/C11H21NS/c1-9-2-3-10(6-9)7-12-11-4-5-13-8-11/h9-12H,2-8H2,1H3. The van der Waals surface area contributed by atoms with Crippen molar-refractivity contribution in [2.75, 3.05) is 18.1 Å². The summed E-state index contributed by atoms with van der Waals surface area (Å²) in [5.41, 5.74) is 0. The summed E-state index contributed by atoms with van der Waals surface area (Å²) in [6.45, 7) is 3.68. The first-order valence-corrected chi connectivity index (χ1v) is 6.81. The van der Waals surface area contributed by atoms with Gasteiger partial charge in [-0.2, -0.15) is 11.8 Å². The molecule has 0 amide bonds. The van der Waals surface area contributed by atoms with Crippen LogP contribution in [0.4, 0.5) is 0 Å². The lowest BCUT2D eigenvalue weighted by atomic mass is 10.1. The summed E-state index contributed by atoms with van der Waals surface area (Å²) < 4.78 is 0. The first kappa shape index (κ1) is 9.85. The van der Waals surface area contributed by atoms with Crippen LogP contribution in [0, 0.1) is 11.8 Å². The molecular formula is C11H21NS. The van der Waals surface area contributed by atoms with Crippen molar-refractivity contribution in [3.63, 3.8) is 0 Å². The average Bonchev–Trinajstić information content (AvgIpc) is 2.71. The lowest BCUT2D eigenvalue weighted by Crippen LogP contribution is -2.32. The summed E-state index contributed by atoms with van der Waals surface area (Å²) in [6, 6.07) is 0.834. The molecule has 0 spiro atoms. The Morgan fingerprint density at radius 1 is 1.31 bits per heavy atom. The minimum atomic E-state index is 0.834. The summed E-state index contributed by atoms with van der Waals surface area (Å²) in [4.78, 5) is 0. The van der Waals surface area contributed by atoms with E-state index in [9.17, 15) is 0 Å². The fourth-order valence-corrected chi connectivity index (χ4v) is 3.73. The molecule has 3 unspecified atom stereocenters. The predicted octanol–water partition coefficient (Wildman–Crippen LogP) is 2.52. The van der Waals surface area contributed by atoms with Crippen molar-refractivity contribution < 1.29 is 0 Å². The van der Waals surface area contributed by atoms with Crippen LogP contribution < -0.4 is 5.32 Å². The highest BCUT2D eigenvalue weighted by molar-refractivity contribution is 7.99. The van der Waals surface area contributed by atoms with Crippen LogP contribution in [0.1, 0.15) is 32.6 Å². The van der Waals surface area contributed by atoms with Crippen LogP contribution in [-0.2, 0) is 0 Å². The fourth-order valence-electron chi connectivity index (χ4n) is 2.54. The Hall–Kier alpha value is 0.310. The zero-order chi connectivity index (χ0) is 9.10. The van der Waals surface area contributed by atoms with Crippen molar-refractivity contribution in [3.8, 4) is 0 Å². The van der Waals surface area contributed by atoms with Crippen molar-refractivity contribution in [1.29, 1.82) is 0 Å². The van der Waals surface area contributed by atoms with Gasteiger partial charge in [-0.1, -0.05) is 13.3 Å². The maximum absolute atomic E-state index is 3.72. The second kappa shape index (κ2) is 4.70. The van der Waals surface area contributed by atoms with E-state index in [1.807, 2.05) is 0 Å². The van der Waals surface area contributed by atoms with Crippen LogP contribution in [0.5, 0.6) is 0 Å². The quantitative estimate of drug-likeness (QED) is 0.749. The van der Waals surface area contributed by atoms with Crippen LogP contribution in [0.3, 0.4) is 0 Å². The van der Waals surface area contributed by atoms with E-state index in [1.165, 1.54) is 43.7 Å². The second-order valence-corrected chi connectivity index (χ2v) is 5.90. The lowest BCUT2D eigenvalue weighted by molar-refractivity contribution is 0.437. The molecule has 1 saturated heterocycles. The van der Waals surface area contributed by atoms with Crippen molar-refractivity contribution in [2.24, 2.45) is 11.8 Å². The highest BCUT2D eigenvalue weighted by atomic mass is 32.2. The normalized spacial score (nSPS) is 39.9. The van der Waals surface area contributed by atoms with Gasteiger partial charge in [0.2, 0.25) is 0 Å². The maximum Gasteiger partial charge on any atom is 0.0166 e. The molecule has 2 rings (SSSR count). The van der Waals surface area contributed by atoms with Crippen LogP contribution in [0.15, 0.2) is 0 Å². The molecule has 1 nitrogen and oxygen atoms in total. The van der Waals surface area contributed by atoms with E-state index in [2.05, 4.69) is 24.0 Å². The van der Waals surface area contributed by atoms with Gasteiger partial charge in [-0.3, -0.25) is 0 Å². The monoisotopic (exact) mass is 199 g/mol. The van der Waals surface area contributed by atoms with E-state index >= 15 is 0 Å². The molecule has 2 fully saturated rings. The number of nitrogens with one attached hydrogen (secondary N) is 1. The Balaban J connectivity index is 1.62. The molecule has 1 aliphatic carbocycles. The van der Waals surface area contributed by atoms with E-state index in [0.29, 0.717) is 0 Å². The van der Waals surface area contributed by atoms with Gasteiger partial charge in [-0.25, -0.2) is 0 Å². The molecule has 2 heteroatoms. The van der Waals surface area contributed by atoms with Gasteiger partial charge in [0.15, 0.2) is 0 Å². The van der Waals surface area contributed by atoms with Gasteiger partial charge in [0, 0.05) is 11.8 Å². The third-order valence-corrected chi connectivity index (χ3v) is 4.59. The topological polar surface area (TPSA) is 12.0 Å². The highest BCUT2D eigenvalue weighted by Crippen LogP contribution is 2.30. The largest absolute Gasteiger partial charge is 0.313 e. The Bertz CT molecular complexity index is 154. The van der Waals surface area contributed by atoms with Crippen LogP contribution >= 0.6 is 11.8 Å². The summed E-state index contributed by atoms with van der Waals surface area (Å²) in [6.07, 6.45) is 5.79. The Morgan fingerprint density at radius 2 is 2.23 bits per heavy atom. The molecule has 1 saturated carbocycles. The molecular weight excluding hydrogens is 178 g/mol. The fraction of sp³-hybridized carbons (Fsp3) is 1.00. The van der Waals surface area contributed by atoms with Gasteiger partial charge < -0.3 is 5.32 Å². The molecule has 0 aromatic rings. The van der Waals surface area contributed by atoms with Gasteiger partial charge >= 0.3 is 0 Å². The van der Waals surface area contributed by atoms with Crippen molar-refractivity contribution in [1.82, 2.24) is 5.32 Å². The molecule has 0 radical (unpaired) electrons. The molecule has 0 bridgehead atoms. The van der Waals surface area contributed by atoms with Gasteiger partial charge in [-0.05, 0) is 43.4 Å². The predicted molar refractivity (Wildman–Crippen MR) is 60.2 cm³/mol. The van der Waals surface area contributed by atoms with Gasteiger partial charge in [-0.15, -0.1) is 0 Å². The van der Waals surface area contributed by atoms with Crippen molar-refractivity contribution >= 4 is 11.8 Å². The van der Waals surface area contributed by atoms with Crippen molar-refractivity contribution in [2.45, 2.75) is 38.6 Å². The van der Waals surface area contributed by atoms with E-state index in [0.717, 1.165) is 17.9 Å². The molecule has 0 aromatic heterocycles. The van der Waals surface area contributed by atoms with Crippen LogP contribution in [-0.4, -0.2) is 24.1 Å². The van der Waals surface area contributed by atoms with E-state index in [4.69, 9.17) is 0 Å². The summed E-state index contributed by atoms with van der Waals surface area (Å²) >= 11 is 2.10. The molecule has 1 heterocycles. The Morgan fingerprint density at radius 3 is 2.85 bits per heavy atom. The third-order valence-electron chi connectivity index (χ3n) is 3.43. The zero-order valence-electron chi connectivity index (χ0n) is 8.59. The molecule has 76 valence electrons. The minimum Gasteiger partial charge on any atom is -0.313 e. The SMILES string of the molecule is CC1CCC(CNC2CCSC2)C1. The van der Waals surface area contributed by atoms with Gasteiger partial charge in [0.05, 0.1) is 0 Å². The summed E-state index contributed by atoms with van der Waals surface area (Å²) in [7, 11) is 0. The van der Waals surface area contributed by atoms with E-state index < -0.39 is 0 Å². The Labute approximate surface area is 86.0 Å². The third kappa shape index (κ3) is 2.88. The average molecular weight is 199 g/mol. The Kier molecular flexibility index (Phi) is 3.56. The molecule has 1 aliphatic heterocycles. The van der Waals surface area contributed by atoms with Crippen molar-refractivity contribution in [3.05, 3.63) is 0 Å². The summed E-state index contributed by atoms with van der Waals surface area (Å²) in [5, 5.41) is 3.72. The van der Waals surface area contributed by atoms with Gasteiger partial charge in [0.1, 0.15) is 0 Å². The van der Waals surface area contributed by atoms with Gasteiger partial charge in [0.25, 0.3) is 0 Å². The molecule has 13 heavy (non-hydrogen) atoms. The maximum atomic E-state index is 3.72. The van der Waals surface area contributed by atoms with E-state index in [1.54, 1.807) is 0 Å². The first-order chi connectivity index (χ1) is 6.34. The van der Waals surface area contributed by atoms with E-state index in [-0.39, 0.29) is 0 Å². The number of hydrogen-bond donors (Lipinski definition) is 1. The molecule has 3 atom stereocenters. The number of rotatable bonds is 3. The first-order valence-electron chi connectivity index (χ1n) is 5.65.